The van der Waals surface area contributed by atoms with Gasteiger partial charge in [-0.05, 0) is 6.92 Å². The molecule has 9 aliphatic rings. The van der Waals surface area contributed by atoms with Crippen LogP contribution >= 0.6 is 0 Å². The number of carbonyl (C=O) groups excluding carboxylic acids is 4. The lowest BCUT2D eigenvalue weighted by Crippen LogP contribution is -2.71. The first-order valence-corrected chi connectivity index (χ1v) is 37.3. The van der Waals surface area contributed by atoms with Crippen molar-refractivity contribution in [1.82, 2.24) is 21.3 Å². The number of carboxylic acid groups (broad SMARTS) is 1. The smallest absolute Gasteiger partial charge is 0.364 e. The number of amides is 4. The van der Waals surface area contributed by atoms with E-state index in [1.54, 1.807) is 0 Å². The standard InChI is InChI=1S/C65H108N4O49/c1-15-33(83)42(92)45(95)59(104-15)103-14-27-51(39(89)30(56(99)105-27)66-16(2)77)112-57-31(67-17(3)78)40(90)49(24(10-74)109-57)113-61-47(97)53(38(88)26(111-61)13-102-60-46(96)43(93)35(85)21(7-71)106-60)115-63-55(44(94)36(86)22(8-72)108-63)116-58-32(68-18(4)79)41(91)50(25(11-75)110-58)114-62-48(98)54(37(87)23(9-73)107-62)118-65(64(100)101)5-19(80)29(69-28(82)12-76)52(117-65)34(84)20(81)6-70/h15,19-27,29-63,70-76,80-81,83-99H,5-14H2,1-4H3,(H,66,77)(H,67,78)(H,68,79)(H,69,82)(H,100,101)/t15-,19+,20-,21-,22-,23-,24-,25-,26-,27-,29-,30-,31-,32-,33+,34-,35-,36-,37+,38-,39-,40-,41-,42+,43+,44+,45-,46+,47+,48-,49-,50-,51-,52-,53+,54+,55+,56-,57-,58+,59+,60+,61+,62+,63-,65+/m1/s1. The maximum absolute atomic E-state index is 13.3. The normalized spacial score (nSPS) is 47.6. The van der Waals surface area contributed by atoms with Crippen molar-refractivity contribution in [3.05, 3.63) is 0 Å². The van der Waals surface area contributed by atoms with E-state index in [4.69, 9.17) is 80.5 Å². The van der Waals surface area contributed by atoms with Crippen LogP contribution in [0.25, 0.3) is 0 Å². The van der Waals surface area contributed by atoms with Gasteiger partial charge >= 0.3 is 5.97 Å². The highest BCUT2D eigenvalue weighted by Gasteiger charge is 2.63. The van der Waals surface area contributed by atoms with E-state index < -0.39 is 377 Å². The average molecular weight is 1730 g/mol. The van der Waals surface area contributed by atoms with Gasteiger partial charge in [0.25, 0.3) is 5.79 Å². The van der Waals surface area contributed by atoms with Crippen LogP contribution in [0.5, 0.6) is 0 Å². The third-order valence-electron chi connectivity index (χ3n) is 21.4. The van der Waals surface area contributed by atoms with Crippen LogP contribution in [0.2, 0.25) is 0 Å². The van der Waals surface area contributed by atoms with E-state index in [0.717, 1.165) is 20.8 Å². The number of aliphatic carboxylic acids is 1. The number of ether oxygens (including phenoxy) is 17. The lowest BCUT2D eigenvalue weighted by Gasteiger charge is -2.51. The summed E-state index contributed by atoms with van der Waals surface area (Å²) in [5.74, 6) is -9.64. The molecule has 31 N–H and O–H groups in total. The summed E-state index contributed by atoms with van der Waals surface area (Å²) >= 11 is 0. The third-order valence-corrected chi connectivity index (χ3v) is 21.4. The van der Waals surface area contributed by atoms with Crippen LogP contribution in [0.1, 0.15) is 34.1 Å². The quantitative estimate of drug-likeness (QED) is 0.0297. The van der Waals surface area contributed by atoms with Gasteiger partial charge in [0.15, 0.2) is 50.3 Å². The lowest BCUT2D eigenvalue weighted by atomic mass is 9.88. The fourth-order valence-corrected chi connectivity index (χ4v) is 15.0. The Morgan fingerprint density at radius 1 is 0.381 bits per heavy atom. The molecule has 0 bridgehead atoms. The van der Waals surface area contributed by atoms with Crippen LogP contribution in [-0.2, 0) is 104 Å². The van der Waals surface area contributed by atoms with E-state index in [-0.39, 0.29) is 0 Å². The molecule has 682 valence electrons. The Hall–Kier alpha value is -4.37. The van der Waals surface area contributed by atoms with E-state index in [9.17, 15) is 162 Å². The number of hydrogen-bond acceptors (Lipinski definition) is 48. The van der Waals surface area contributed by atoms with Crippen molar-refractivity contribution < 1.29 is 242 Å². The molecule has 9 fully saturated rings. The molecular weight excluding hydrogens is 1620 g/mol. The average Bonchev–Trinajstić information content (AvgIpc) is 0.751. The van der Waals surface area contributed by atoms with Crippen LogP contribution in [-0.4, -0.2) is 509 Å². The van der Waals surface area contributed by atoms with E-state index in [1.807, 2.05) is 0 Å². The second-order valence-electron chi connectivity index (χ2n) is 29.6. The van der Waals surface area contributed by atoms with E-state index >= 15 is 0 Å². The minimum atomic E-state index is -3.36. The summed E-state index contributed by atoms with van der Waals surface area (Å²) in [6.45, 7) is -6.27. The molecule has 118 heavy (non-hydrogen) atoms. The lowest BCUT2D eigenvalue weighted by molar-refractivity contribution is -0.400. The van der Waals surface area contributed by atoms with Gasteiger partial charge in [-0.25, -0.2) is 4.79 Å². The Morgan fingerprint density at radius 2 is 0.780 bits per heavy atom. The van der Waals surface area contributed by atoms with Crippen molar-refractivity contribution in [2.24, 2.45) is 0 Å². The first kappa shape index (κ1) is 97.4. The molecule has 9 heterocycles. The van der Waals surface area contributed by atoms with Gasteiger partial charge in [0.1, 0.15) is 214 Å². The van der Waals surface area contributed by atoms with Gasteiger partial charge in [0.05, 0.1) is 71.1 Å². The maximum Gasteiger partial charge on any atom is 0.364 e. The van der Waals surface area contributed by atoms with E-state index in [1.165, 1.54) is 6.92 Å². The molecule has 0 unspecified atom stereocenters. The molecule has 0 radical (unpaired) electrons. The topological polar surface area (TPSA) is 837 Å². The SMILES string of the molecule is CC(=O)N[C@@H]1[C@@H](O)[C@H](O[C@H]2O[C@H](CO)[C@@H](O[C@@H]3O[C@H](CO[C@H]4O[C@H](CO)[C@@H](O)[C@H](O)[C@@H]4O)[C@@H](O)[C@H](O[C@H]4O[C@H](CO)[C@@H](O)[C@H](O)[C@@H]4O[C@@H]4O[C@H](CO)[C@@H](O[C@@H]5O[C@H](CO)[C@H](O)[C@H](O[C@]6(C(=O)O)C[C@H](O)[C@@H](NC(=O)CO)[C@H]([C@H](O)[C@H](O)CO)O6)[C@H]5O)[C@H](O)[C@H]4NC(C)=O)[C@@H]3O)[C@H](O)[C@H]2NC(C)=O)[C@@H](CO[C@H]2O[C@H](C)[C@H](O)[C@H](O)[C@H]2O)O[C@H]1O. The monoisotopic (exact) mass is 1730 g/mol. The molecule has 46 atom stereocenters. The summed E-state index contributed by atoms with van der Waals surface area (Å²) in [7, 11) is 0. The molecule has 0 aromatic rings. The third kappa shape index (κ3) is 21.4. The van der Waals surface area contributed by atoms with Crippen molar-refractivity contribution in [3.63, 3.8) is 0 Å². The molecule has 0 aromatic carbocycles. The van der Waals surface area contributed by atoms with Crippen LogP contribution in [0.15, 0.2) is 0 Å². The summed E-state index contributed by atoms with van der Waals surface area (Å²) in [6.07, 6.45) is -88.8. The zero-order chi connectivity index (χ0) is 87.3. The number of nitrogens with one attached hydrogen (secondary N) is 4. The van der Waals surface area contributed by atoms with Gasteiger partial charge in [-0.2, -0.15) is 0 Å². The van der Waals surface area contributed by atoms with Crippen molar-refractivity contribution in [2.45, 2.75) is 316 Å². The Labute approximate surface area is 666 Å². The molecule has 9 saturated heterocycles. The van der Waals surface area contributed by atoms with Gasteiger partial charge < -0.3 is 240 Å². The second-order valence-corrected chi connectivity index (χ2v) is 29.6. The zero-order valence-corrected chi connectivity index (χ0v) is 63.1. The summed E-state index contributed by atoms with van der Waals surface area (Å²) in [5, 5.41) is 308. The zero-order valence-electron chi connectivity index (χ0n) is 63.1. The number of aliphatic hydroxyl groups is 26. The summed E-state index contributed by atoms with van der Waals surface area (Å²) in [4.78, 5) is 64.2. The molecule has 53 nitrogen and oxygen atoms in total. The molecule has 0 saturated carbocycles. The van der Waals surface area contributed by atoms with E-state index in [2.05, 4.69) is 21.3 Å². The minimum absolute atomic E-state index is 0.832. The molecule has 4 amide bonds. The highest BCUT2D eigenvalue weighted by molar-refractivity contribution is 5.78. The number of carboxylic acids is 1. The van der Waals surface area contributed by atoms with Gasteiger partial charge in [-0.3, -0.25) is 19.2 Å². The fraction of sp³-hybridized carbons (Fsp3) is 0.923. The fourth-order valence-electron chi connectivity index (χ4n) is 15.0. The molecule has 0 aromatic heterocycles. The van der Waals surface area contributed by atoms with Gasteiger partial charge in [0.2, 0.25) is 23.6 Å². The predicted molar refractivity (Wildman–Crippen MR) is 361 cm³/mol. The Kier molecular flexibility index (Phi) is 34.7. The first-order chi connectivity index (χ1) is 55.6. The van der Waals surface area contributed by atoms with Crippen molar-refractivity contribution in [2.75, 3.05) is 59.5 Å². The summed E-state index contributed by atoms with van der Waals surface area (Å²) in [5.41, 5.74) is 0. The van der Waals surface area contributed by atoms with Crippen LogP contribution < -0.4 is 21.3 Å². The second kappa shape index (κ2) is 42.1. The van der Waals surface area contributed by atoms with Crippen LogP contribution in [0.3, 0.4) is 0 Å². The number of aliphatic hydroxyl groups excluding tert-OH is 26. The van der Waals surface area contributed by atoms with Crippen molar-refractivity contribution in [1.29, 1.82) is 0 Å². The van der Waals surface area contributed by atoms with Gasteiger partial charge in [-0.15, -0.1) is 0 Å². The number of rotatable bonds is 32. The number of carbonyl (C=O) groups is 5. The number of hydrogen-bond donors (Lipinski definition) is 31. The Bertz CT molecular complexity index is 3210. The largest absolute Gasteiger partial charge is 0.477 e. The van der Waals surface area contributed by atoms with Crippen molar-refractivity contribution >= 4 is 29.6 Å². The van der Waals surface area contributed by atoms with Gasteiger partial charge in [0, 0.05) is 27.2 Å². The molecule has 0 spiro atoms. The predicted octanol–water partition coefficient (Wildman–Crippen LogP) is -20.8. The molecule has 53 heteroatoms. The van der Waals surface area contributed by atoms with Gasteiger partial charge in [-0.1, -0.05) is 0 Å². The summed E-state index contributed by atoms with van der Waals surface area (Å²) in [6, 6.07) is -7.72. The minimum Gasteiger partial charge on any atom is -0.477 e. The van der Waals surface area contributed by atoms with E-state index in [0.29, 0.717) is 0 Å². The maximum atomic E-state index is 13.3. The van der Waals surface area contributed by atoms with Crippen molar-refractivity contribution in [3.8, 4) is 0 Å². The van der Waals surface area contributed by atoms with Crippen LogP contribution in [0.4, 0.5) is 0 Å². The highest BCUT2D eigenvalue weighted by Crippen LogP contribution is 2.42. The molecular formula is C65H108N4O49. The Balaban J connectivity index is 1.00. The molecule has 9 rings (SSSR count). The summed E-state index contributed by atoms with van der Waals surface area (Å²) < 4.78 is 99.8. The highest BCUT2D eigenvalue weighted by atomic mass is 16.8. The first-order valence-electron chi connectivity index (χ1n) is 37.3. The molecule has 9 aliphatic heterocycles. The molecule has 0 aliphatic carbocycles. The van der Waals surface area contributed by atoms with Crippen LogP contribution in [0, 0.1) is 0 Å². The Morgan fingerprint density at radius 3 is 1.28 bits per heavy atom.